The Balaban J connectivity index is 1.38. The van der Waals surface area contributed by atoms with E-state index >= 15 is 0 Å². The van der Waals surface area contributed by atoms with Crippen LogP contribution in [0.2, 0.25) is 5.02 Å². The molecule has 1 aromatic heterocycles. The molecule has 5 rings (SSSR count). The molecular formula is C26H30ClN3O2. The Hall–Kier alpha value is -2.53. The summed E-state index contributed by atoms with van der Waals surface area (Å²) >= 11 is 6.00. The van der Waals surface area contributed by atoms with E-state index < -0.39 is 0 Å². The quantitative estimate of drug-likeness (QED) is 0.703. The van der Waals surface area contributed by atoms with E-state index in [1.54, 1.807) is 6.07 Å². The molecule has 2 bridgehead atoms. The van der Waals surface area contributed by atoms with E-state index in [-0.39, 0.29) is 17.5 Å². The van der Waals surface area contributed by atoms with Crippen molar-refractivity contribution in [1.82, 2.24) is 14.8 Å². The van der Waals surface area contributed by atoms with Crippen LogP contribution < -0.4 is 10.9 Å². The predicted molar refractivity (Wildman–Crippen MR) is 129 cm³/mol. The second-order valence-electron chi connectivity index (χ2n) is 9.50. The van der Waals surface area contributed by atoms with Crippen molar-refractivity contribution in [1.29, 1.82) is 0 Å². The summed E-state index contributed by atoms with van der Waals surface area (Å²) in [5.41, 5.74) is 3.23. The zero-order valence-electron chi connectivity index (χ0n) is 18.3. The smallest absolute Gasteiger partial charge is 0.317 e. The van der Waals surface area contributed by atoms with Gasteiger partial charge in [-0.15, -0.1) is 0 Å². The van der Waals surface area contributed by atoms with Gasteiger partial charge in [0.05, 0.1) is 0 Å². The lowest BCUT2D eigenvalue weighted by Gasteiger charge is -2.43. The summed E-state index contributed by atoms with van der Waals surface area (Å²) in [6, 6.07) is 11.7. The molecule has 1 saturated carbocycles. The second kappa shape index (κ2) is 9.14. The molecule has 2 aliphatic heterocycles. The minimum Gasteiger partial charge on any atom is -0.335 e. The highest BCUT2D eigenvalue weighted by Gasteiger charge is 2.37. The number of halogens is 1. The SMILES string of the molecule is O=C(NC1CCCCC1)N1C[C@@H]2C[C@H](C1)c1c(/C=C\c3ccc(Cl)cc3)ccc(=O)n1C2. The lowest BCUT2D eigenvalue weighted by atomic mass is 9.81. The first kappa shape index (κ1) is 21.3. The number of rotatable bonds is 3. The third-order valence-electron chi connectivity index (χ3n) is 7.17. The largest absolute Gasteiger partial charge is 0.335 e. The summed E-state index contributed by atoms with van der Waals surface area (Å²) in [6.45, 7) is 2.08. The van der Waals surface area contributed by atoms with Crippen LogP contribution in [0.1, 0.15) is 61.3 Å². The van der Waals surface area contributed by atoms with E-state index in [0.717, 1.165) is 42.6 Å². The highest BCUT2D eigenvalue weighted by molar-refractivity contribution is 6.30. The molecule has 0 spiro atoms. The molecule has 1 aromatic carbocycles. The van der Waals surface area contributed by atoms with Gasteiger partial charge < -0.3 is 14.8 Å². The Morgan fingerprint density at radius 3 is 2.53 bits per heavy atom. The van der Waals surface area contributed by atoms with E-state index in [0.29, 0.717) is 30.1 Å². The number of aromatic nitrogens is 1. The number of pyridine rings is 1. The first-order chi connectivity index (χ1) is 15.6. The fraction of sp³-hybridized carbons (Fsp3) is 0.462. The Kier molecular flexibility index (Phi) is 6.09. The van der Waals surface area contributed by atoms with Gasteiger partial charge >= 0.3 is 6.03 Å². The number of amides is 2. The van der Waals surface area contributed by atoms with Crippen molar-refractivity contribution in [3.63, 3.8) is 0 Å². The van der Waals surface area contributed by atoms with Crippen molar-refractivity contribution in [3.8, 4) is 0 Å². The summed E-state index contributed by atoms with van der Waals surface area (Å²) in [7, 11) is 0. The standard InChI is InChI=1S/C26H30ClN3O2/c27-22-11-7-18(8-12-22)6-9-20-10-13-24(31)30-16-19-14-21(25(20)30)17-29(15-19)26(32)28-23-4-2-1-3-5-23/h6-13,19,21,23H,1-5,14-17H2,(H,28,32)/b9-6-/t19-,21+/m0/s1. The van der Waals surface area contributed by atoms with Gasteiger partial charge in [0.1, 0.15) is 0 Å². The van der Waals surface area contributed by atoms with E-state index in [1.165, 1.54) is 19.3 Å². The van der Waals surface area contributed by atoms with Gasteiger partial charge in [-0.05, 0) is 54.5 Å². The van der Waals surface area contributed by atoms with Crippen molar-refractivity contribution >= 4 is 29.8 Å². The molecule has 0 unspecified atom stereocenters. The van der Waals surface area contributed by atoms with E-state index in [1.807, 2.05) is 39.8 Å². The molecule has 2 atom stereocenters. The molecule has 5 nitrogen and oxygen atoms in total. The van der Waals surface area contributed by atoms with Gasteiger partial charge in [0.2, 0.25) is 0 Å². The molecule has 6 heteroatoms. The molecule has 2 amide bonds. The Labute approximate surface area is 194 Å². The maximum atomic E-state index is 13.0. The van der Waals surface area contributed by atoms with E-state index in [9.17, 15) is 9.59 Å². The van der Waals surface area contributed by atoms with Crippen LogP contribution in [0.3, 0.4) is 0 Å². The highest BCUT2D eigenvalue weighted by Crippen LogP contribution is 2.37. The third-order valence-corrected chi connectivity index (χ3v) is 7.42. The maximum absolute atomic E-state index is 13.0. The van der Waals surface area contributed by atoms with Gasteiger partial charge in [0.25, 0.3) is 5.56 Å². The molecule has 168 valence electrons. The Morgan fingerprint density at radius 1 is 0.969 bits per heavy atom. The van der Waals surface area contributed by atoms with E-state index in [2.05, 4.69) is 17.5 Å². The third kappa shape index (κ3) is 4.49. The Morgan fingerprint density at radius 2 is 1.75 bits per heavy atom. The lowest BCUT2D eigenvalue weighted by molar-refractivity contribution is 0.127. The molecule has 2 fully saturated rings. The molecule has 1 saturated heterocycles. The zero-order chi connectivity index (χ0) is 22.1. The van der Waals surface area contributed by atoms with Gasteiger partial charge in [-0.1, -0.05) is 55.1 Å². The van der Waals surface area contributed by atoms with Crippen LogP contribution in [0.4, 0.5) is 4.79 Å². The topological polar surface area (TPSA) is 54.3 Å². The minimum atomic E-state index is 0.0541. The van der Waals surface area contributed by atoms with Crippen LogP contribution in [-0.4, -0.2) is 34.6 Å². The molecule has 0 radical (unpaired) electrons. The first-order valence-corrected chi connectivity index (χ1v) is 12.2. The van der Waals surface area contributed by atoms with Crippen LogP contribution >= 0.6 is 11.6 Å². The normalized spacial score (nSPS) is 23.2. The molecule has 1 aliphatic carbocycles. The number of benzene rings is 1. The molecule has 3 heterocycles. The number of fused-ring (bicyclic) bond motifs is 4. The monoisotopic (exact) mass is 451 g/mol. The first-order valence-electron chi connectivity index (χ1n) is 11.8. The van der Waals surface area contributed by atoms with Crippen LogP contribution in [0, 0.1) is 5.92 Å². The Bertz CT molecular complexity index is 1070. The van der Waals surface area contributed by atoms with Crippen LogP contribution in [0.5, 0.6) is 0 Å². The fourth-order valence-corrected chi connectivity index (χ4v) is 5.75. The molecule has 32 heavy (non-hydrogen) atoms. The average molecular weight is 452 g/mol. The summed E-state index contributed by atoms with van der Waals surface area (Å²) in [5.74, 6) is 0.505. The van der Waals surface area contributed by atoms with Crippen LogP contribution in [0.15, 0.2) is 41.2 Å². The van der Waals surface area contributed by atoms with Crippen LogP contribution in [-0.2, 0) is 6.54 Å². The predicted octanol–water partition coefficient (Wildman–Crippen LogP) is 5.13. The number of carbonyl (C=O) groups is 1. The summed E-state index contributed by atoms with van der Waals surface area (Å²) in [5, 5.41) is 3.99. The van der Waals surface area contributed by atoms with Crippen molar-refractivity contribution in [2.24, 2.45) is 5.92 Å². The molecule has 2 aromatic rings. The molecular weight excluding hydrogens is 422 g/mol. The van der Waals surface area contributed by atoms with Gasteiger partial charge in [0, 0.05) is 48.4 Å². The summed E-state index contributed by atoms with van der Waals surface area (Å²) in [4.78, 5) is 27.7. The highest BCUT2D eigenvalue weighted by atomic mass is 35.5. The summed E-state index contributed by atoms with van der Waals surface area (Å²) in [6.07, 6.45) is 11.0. The van der Waals surface area contributed by atoms with Gasteiger partial charge in [-0.25, -0.2) is 4.79 Å². The van der Waals surface area contributed by atoms with Crippen molar-refractivity contribution in [3.05, 3.63) is 68.6 Å². The molecule has 1 N–H and O–H groups in total. The van der Waals surface area contributed by atoms with Crippen molar-refractivity contribution in [2.45, 2.75) is 57.0 Å². The zero-order valence-corrected chi connectivity index (χ0v) is 19.1. The van der Waals surface area contributed by atoms with Gasteiger partial charge in [-0.3, -0.25) is 4.79 Å². The fourth-order valence-electron chi connectivity index (χ4n) is 5.63. The number of hydrogen-bond acceptors (Lipinski definition) is 2. The number of likely N-dealkylation sites (tertiary alicyclic amines) is 1. The molecule has 3 aliphatic rings. The van der Waals surface area contributed by atoms with Gasteiger partial charge in [0.15, 0.2) is 0 Å². The number of hydrogen-bond donors (Lipinski definition) is 1. The van der Waals surface area contributed by atoms with E-state index in [4.69, 9.17) is 11.6 Å². The number of urea groups is 1. The lowest BCUT2D eigenvalue weighted by Crippen LogP contribution is -2.53. The van der Waals surface area contributed by atoms with Crippen molar-refractivity contribution in [2.75, 3.05) is 13.1 Å². The van der Waals surface area contributed by atoms with Crippen molar-refractivity contribution < 1.29 is 4.79 Å². The maximum Gasteiger partial charge on any atom is 0.317 e. The minimum absolute atomic E-state index is 0.0541. The second-order valence-corrected chi connectivity index (χ2v) is 9.93. The number of nitrogens with zero attached hydrogens (tertiary/aromatic N) is 2. The average Bonchev–Trinajstić information content (AvgIpc) is 2.80. The number of carbonyl (C=O) groups excluding carboxylic acids is 1. The van der Waals surface area contributed by atoms with Gasteiger partial charge in [-0.2, -0.15) is 0 Å². The number of nitrogens with one attached hydrogen (secondary N) is 1. The number of piperidine rings is 1. The summed E-state index contributed by atoms with van der Waals surface area (Å²) < 4.78 is 1.94. The van der Waals surface area contributed by atoms with Crippen LogP contribution in [0.25, 0.3) is 12.2 Å².